The molecule has 0 aliphatic rings. The van der Waals surface area contributed by atoms with Crippen LogP contribution in [0, 0.1) is 17.0 Å². The van der Waals surface area contributed by atoms with E-state index in [1.807, 2.05) is 19.1 Å². The van der Waals surface area contributed by atoms with Gasteiger partial charge in [0.15, 0.2) is 6.61 Å². The minimum absolute atomic E-state index is 0.0290. The lowest BCUT2D eigenvalue weighted by Crippen LogP contribution is -2.20. The maximum Gasteiger partial charge on any atom is 0.269 e. The van der Waals surface area contributed by atoms with Crippen LogP contribution in [0.3, 0.4) is 0 Å². The topological polar surface area (TPSA) is 90.7 Å². The van der Waals surface area contributed by atoms with Gasteiger partial charge in [-0.2, -0.15) is 0 Å². The average Bonchev–Trinajstić information content (AvgIpc) is 2.63. The molecular formula is C19H22N2O5. The number of nitrogens with one attached hydrogen (secondary N) is 1. The van der Waals surface area contributed by atoms with Crippen LogP contribution >= 0.6 is 0 Å². The van der Waals surface area contributed by atoms with Crippen LogP contribution in [0.1, 0.15) is 25.3 Å². The molecular weight excluding hydrogens is 336 g/mol. The smallest absolute Gasteiger partial charge is 0.269 e. The largest absolute Gasteiger partial charge is 0.494 e. The first-order chi connectivity index (χ1) is 12.5. The number of amides is 1. The fraction of sp³-hybridized carbons (Fsp3) is 0.316. The molecule has 0 heterocycles. The Labute approximate surface area is 152 Å². The van der Waals surface area contributed by atoms with Crippen LogP contribution in [-0.4, -0.2) is 24.0 Å². The van der Waals surface area contributed by atoms with Gasteiger partial charge in [0, 0.05) is 17.8 Å². The molecule has 0 saturated carbocycles. The summed E-state index contributed by atoms with van der Waals surface area (Å²) >= 11 is 0. The number of aryl methyl sites for hydroxylation is 1. The molecule has 1 N–H and O–H groups in total. The zero-order chi connectivity index (χ0) is 18.9. The fourth-order valence-corrected chi connectivity index (χ4v) is 2.20. The Kier molecular flexibility index (Phi) is 6.96. The predicted octanol–water partition coefficient (Wildman–Crippen LogP) is 4.10. The predicted molar refractivity (Wildman–Crippen MR) is 98.8 cm³/mol. The van der Waals surface area contributed by atoms with Gasteiger partial charge in [-0.05, 0) is 49.2 Å². The van der Waals surface area contributed by atoms with E-state index < -0.39 is 4.92 Å². The van der Waals surface area contributed by atoms with Crippen LogP contribution in [0.5, 0.6) is 11.5 Å². The van der Waals surface area contributed by atoms with Gasteiger partial charge in [-0.15, -0.1) is 0 Å². The van der Waals surface area contributed by atoms with Crippen molar-refractivity contribution >= 4 is 17.3 Å². The minimum Gasteiger partial charge on any atom is -0.494 e. The minimum atomic E-state index is -0.491. The number of carbonyl (C=O) groups excluding carboxylic acids is 1. The highest BCUT2D eigenvalue weighted by Gasteiger charge is 2.09. The van der Waals surface area contributed by atoms with Crippen LogP contribution in [0.25, 0.3) is 0 Å². The summed E-state index contributed by atoms with van der Waals surface area (Å²) in [4.78, 5) is 22.1. The zero-order valence-electron chi connectivity index (χ0n) is 14.9. The number of hydrogen-bond donors (Lipinski definition) is 1. The highest BCUT2D eigenvalue weighted by molar-refractivity contribution is 5.92. The summed E-state index contributed by atoms with van der Waals surface area (Å²) in [5.74, 6) is 0.851. The van der Waals surface area contributed by atoms with Crippen molar-refractivity contribution < 1.29 is 19.2 Å². The molecule has 138 valence electrons. The van der Waals surface area contributed by atoms with Crippen LogP contribution in [-0.2, 0) is 4.79 Å². The molecule has 0 saturated heterocycles. The van der Waals surface area contributed by atoms with Crippen LogP contribution in [0.15, 0.2) is 42.5 Å². The maximum absolute atomic E-state index is 12.0. The number of benzene rings is 2. The average molecular weight is 358 g/mol. The van der Waals surface area contributed by atoms with E-state index in [1.54, 1.807) is 6.07 Å². The zero-order valence-corrected chi connectivity index (χ0v) is 14.9. The van der Waals surface area contributed by atoms with Gasteiger partial charge >= 0.3 is 0 Å². The summed E-state index contributed by atoms with van der Waals surface area (Å²) in [6.07, 6.45) is 2.07. The summed E-state index contributed by atoms with van der Waals surface area (Å²) in [6, 6.07) is 11.1. The van der Waals surface area contributed by atoms with Crippen molar-refractivity contribution in [3.8, 4) is 11.5 Å². The summed E-state index contributed by atoms with van der Waals surface area (Å²) in [7, 11) is 0. The number of hydrogen-bond acceptors (Lipinski definition) is 5. The maximum atomic E-state index is 12.0. The number of nitro groups is 1. The molecule has 0 aliphatic heterocycles. The van der Waals surface area contributed by atoms with Gasteiger partial charge in [-0.25, -0.2) is 0 Å². The van der Waals surface area contributed by atoms with Crippen molar-refractivity contribution in [3.05, 3.63) is 58.1 Å². The lowest BCUT2D eigenvalue weighted by Gasteiger charge is -2.12. The Morgan fingerprint density at radius 3 is 2.42 bits per heavy atom. The molecule has 1 amide bonds. The Bertz CT molecular complexity index is 759. The lowest BCUT2D eigenvalue weighted by atomic mass is 10.2. The molecule has 0 fully saturated rings. The standard InChI is InChI=1S/C19H22N2O5/c1-3-4-11-25-17-9-10-18(14(2)12-17)20-19(22)13-26-16-7-5-15(6-8-16)21(23)24/h5-10,12H,3-4,11,13H2,1-2H3,(H,20,22). The molecule has 2 rings (SSSR count). The molecule has 0 aliphatic carbocycles. The number of anilines is 1. The molecule has 26 heavy (non-hydrogen) atoms. The van der Waals surface area contributed by atoms with Crippen molar-refractivity contribution in [1.29, 1.82) is 0 Å². The molecule has 0 radical (unpaired) electrons. The van der Waals surface area contributed by atoms with E-state index in [-0.39, 0.29) is 18.2 Å². The molecule has 0 bridgehead atoms. The number of ether oxygens (including phenoxy) is 2. The molecule has 7 nitrogen and oxygen atoms in total. The number of non-ortho nitro benzene ring substituents is 1. The van der Waals surface area contributed by atoms with Gasteiger partial charge in [0.1, 0.15) is 11.5 Å². The summed E-state index contributed by atoms with van der Waals surface area (Å²) in [5, 5.41) is 13.4. The van der Waals surface area contributed by atoms with Crippen LogP contribution in [0.2, 0.25) is 0 Å². The van der Waals surface area contributed by atoms with Crippen molar-refractivity contribution in [2.75, 3.05) is 18.5 Å². The monoisotopic (exact) mass is 358 g/mol. The highest BCUT2D eigenvalue weighted by atomic mass is 16.6. The van der Waals surface area contributed by atoms with E-state index in [9.17, 15) is 14.9 Å². The Morgan fingerprint density at radius 1 is 1.12 bits per heavy atom. The first-order valence-corrected chi connectivity index (χ1v) is 8.40. The molecule has 2 aromatic carbocycles. The lowest BCUT2D eigenvalue weighted by molar-refractivity contribution is -0.384. The summed E-state index contributed by atoms with van der Waals surface area (Å²) in [6.45, 7) is 4.47. The quantitative estimate of drug-likeness (QED) is 0.414. The Morgan fingerprint density at radius 2 is 1.81 bits per heavy atom. The van der Waals surface area contributed by atoms with Gasteiger partial charge in [0.2, 0.25) is 0 Å². The van der Waals surface area contributed by atoms with E-state index in [4.69, 9.17) is 9.47 Å². The van der Waals surface area contributed by atoms with Gasteiger partial charge in [0.05, 0.1) is 11.5 Å². The van der Waals surface area contributed by atoms with E-state index in [2.05, 4.69) is 12.2 Å². The number of nitrogens with zero attached hydrogens (tertiary/aromatic N) is 1. The first kappa shape index (κ1) is 19.2. The molecule has 0 unspecified atom stereocenters. The van der Waals surface area contributed by atoms with E-state index in [0.717, 1.165) is 24.2 Å². The van der Waals surface area contributed by atoms with Crippen molar-refractivity contribution in [2.24, 2.45) is 0 Å². The Hall–Kier alpha value is -3.09. The van der Waals surface area contributed by atoms with Crippen LogP contribution < -0.4 is 14.8 Å². The van der Waals surface area contributed by atoms with Gasteiger partial charge in [-0.3, -0.25) is 14.9 Å². The van der Waals surface area contributed by atoms with E-state index >= 15 is 0 Å². The highest BCUT2D eigenvalue weighted by Crippen LogP contribution is 2.22. The third-order valence-electron chi connectivity index (χ3n) is 3.66. The normalized spacial score (nSPS) is 10.2. The van der Waals surface area contributed by atoms with Crippen molar-refractivity contribution in [1.82, 2.24) is 0 Å². The molecule has 0 aromatic heterocycles. The molecule has 2 aromatic rings. The second-order valence-corrected chi connectivity index (χ2v) is 5.77. The second kappa shape index (κ2) is 9.41. The second-order valence-electron chi connectivity index (χ2n) is 5.77. The number of nitro benzene ring substituents is 1. The number of unbranched alkanes of at least 4 members (excludes halogenated alkanes) is 1. The third-order valence-corrected chi connectivity index (χ3v) is 3.66. The van der Waals surface area contributed by atoms with Gasteiger partial charge < -0.3 is 14.8 Å². The molecule has 0 atom stereocenters. The van der Waals surface area contributed by atoms with Gasteiger partial charge in [-0.1, -0.05) is 13.3 Å². The number of rotatable bonds is 9. The SMILES string of the molecule is CCCCOc1ccc(NC(=O)COc2ccc([N+](=O)[O-])cc2)c(C)c1. The van der Waals surface area contributed by atoms with E-state index in [1.165, 1.54) is 24.3 Å². The first-order valence-electron chi connectivity index (χ1n) is 8.40. The fourth-order valence-electron chi connectivity index (χ4n) is 2.20. The Balaban J connectivity index is 1.86. The molecule has 7 heteroatoms. The third kappa shape index (κ3) is 5.77. The van der Waals surface area contributed by atoms with Crippen LogP contribution in [0.4, 0.5) is 11.4 Å². The van der Waals surface area contributed by atoms with E-state index in [0.29, 0.717) is 18.0 Å². The van der Waals surface area contributed by atoms with Crippen molar-refractivity contribution in [2.45, 2.75) is 26.7 Å². The van der Waals surface area contributed by atoms with Crippen molar-refractivity contribution in [3.63, 3.8) is 0 Å². The summed E-state index contributed by atoms with van der Waals surface area (Å²) in [5.41, 5.74) is 1.55. The van der Waals surface area contributed by atoms with Gasteiger partial charge in [0.25, 0.3) is 11.6 Å². The molecule has 0 spiro atoms. The summed E-state index contributed by atoms with van der Waals surface area (Å²) < 4.78 is 11.0. The number of carbonyl (C=O) groups is 1.